The number of amides is 1. The normalized spacial score (nSPS) is 19.1. The first-order valence-electron chi connectivity index (χ1n) is 6.25. The van der Waals surface area contributed by atoms with Crippen molar-refractivity contribution in [2.45, 2.75) is 30.7 Å². The van der Waals surface area contributed by atoms with Crippen LogP contribution in [0, 0.1) is 0 Å². The Labute approximate surface area is 117 Å². The average Bonchev–Trinajstić information content (AvgIpc) is 2.86. The van der Waals surface area contributed by atoms with Gasteiger partial charge in [-0.1, -0.05) is 0 Å². The summed E-state index contributed by atoms with van der Waals surface area (Å²) < 4.78 is 22.3. The van der Waals surface area contributed by atoms with Crippen LogP contribution in [0.15, 0.2) is 29.2 Å². The van der Waals surface area contributed by atoms with E-state index in [2.05, 4.69) is 0 Å². The molecule has 0 bridgehead atoms. The standard InChI is InChI=1S/C13H16N2O4S/c1-9(16)12-3-2-8-15(12)13(17)10-4-6-11(7-5-10)20(14,18)19/h4-7,12H,2-3,8H2,1H3,(H2,14,18,19)/t12-/m1/s1. The molecule has 7 heteroatoms. The number of benzene rings is 1. The topological polar surface area (TPSA) is 97.5 Å². The number of nitrogens with zero attached hydrogens (tertiary/aromatic N) is 1. The number of rotatable bonds is 3. The predicted octanol–water partition coefficient (Wildman–Crippen LogP) is 0.528. The fourth-order valence-electron chi connectivity index (χ4n) is 2.39. The first-order chi connectivity index (χ1) is 9.30. The molecule has 1 fully saturated rings. The fourth-order valence-corrected chi connectivity index (χ4v) is 2.90. The fraction of sp³-hybridized carbons (Fsp3) is 0.385. The van der Waals surface area contributed by atoms with Gasteiger partial charge in [0.15, 0.2) is 5.78 Å². The molecule has 1 aliphatic rings. The summed E-state index contributed by atoms with van der Waals surface area (Å²) in [5.41, 5.74) is 0.352. The quantitative estimate of drug-likeness (QED) is 0.879. The second kappa shape index (κ2) is 5.34. The third-order valence-corrected chi connectivity index (χ3v) is 4.34. The molecule has 2 N–H and O–H groups in total. The second-order valence-corrected chi connectivity index (χ2v) is 6.40. The summed E-state index contributed by atoms with van der Waals surface area (Å²) in [7, 11) is -3.77. The van der Waals surface area contributed by atoms with Gasteiger partial charge in [-0.3, -0.25) is 9.59 Å². The Morgan fingerprint density at radius 3 is 2.35 bits per heavy atom. The third kappa shape index (κ3) is 2.88. The molecule has 0 aromatic heterocycles. The van der Waals surface area contributed by atoms with E-state index in [1.807, 2.05) is 0 Å². The van der Waals surface area contributed by atoms with Crippen molar-refractivity contribution in [2.24, 2.45) is 5.14 Å². The molecule has 20 heavy (non-hydrogen) atoms. The predicted molar refractivity (Wildman–Crippen MR) is 72.6 cm³/mol. The minimum absolute atomic E-state index is 0.0305. The van der Waals surface area contributed by atoms with E-state index in [9.17, 15) is 18.0 Å². The number of carbonyl (C=O) groups is 2. The summed E-state index contributed by atoms with van der Waals surface area (Å²) in [6.45, 7) is 2.01. The van der Waals surface area contributed by atoms with Crippen LogP contribution in [0.3, 0.4) is 0 Å². The molecule has 2 rings (SSSR count). The summed E-state index contributed by atoms with van der Waals surface area (Å²) in [6, 6.07) is 5.04. The van der Waals surface area contributed by atoms with Crippen molar-refractivity contribution in [1.82, 2.24) is 4.90 Å². The number of Topliss-reactive ketones (excluding diaryl/α,β-unsaturated/α-hetero) is 1. The van der Waals surface area contributed by atoms with E-state index in [1.165, 1.54) is 36.1 Å². The van der Waals surface area contributed by atoms with E-state index >= 15 is 0 Å². The zero-order chi connectivity index (χ0) is 14.9. The summed E-state index contributed by atoms with van der Waals surface area (Å²) in [5, 5.41) is 5.00. The molecule has 0 spiro atoms. The van der Waals surface area contributed by atoms with Gasteiger partial charge in [-0.2, -0.15) is 0 Å². The summed E-state index contributed by atoms with van der Waals surface area (Å²) >= 11 is 0. The lowest BCUT2D eigenvalue weighted by Crippen LogP contribution is -2.39. The number of primary sulfonamides is 1. The van der Waals surface area contributed by atoms with Crippen LogP contribution in [0.4, 0.5) is 0 Å². The molecule has 1 amide bonds. The second-order valence-electron chi connectivity index (χ2n) is 4.84. The molecule has 1 heterocycles. The van der Waals surface area contributed by atoms with Gasteiger partial charge in [0, 0.05) is 12.1 Å². The highest BCUT2D eigenvalue weighted by Gasteiger charge is 2.32. The van der Waals surface area contributed by atoms with E-state index in [1.54, 1.807) is 0 Å². The van der Waals surface area contributed by atoms with Crippen molar-refractivity contribution in [2.75, 3.05) is 6.54 Å². The molecule has 6 nitrogen and oxygen atoms in total. The molecule has 1 aliphatic heterocycles. The lowest BCUT2D eigenvalue weighted by Gasteiger charge is -2.22. The maximum atomic E-state index is 12.3. The van der Waals surface area contributed by atoms with Gasteiger partial charge in [-0.25, -0.2) is 13.6 Å². The minimum atomic E-state index is -3.77. The van der Waals surface area contributed by atoms with Gasteiger partial charge in [0.1, 0.15) is 0 Å². The highest BCUT2D eigenvalue weighted by Crippen LogP contribution is 2.21. The monoisotopic (exact) mass is 296 g/mol. The first kappa shape index (κ1) is 14.7. The zero-order valence-corrected chi connectivity index (χ0v) is 11.9. The SMILES string of the molecule is CC(=O)[C@H]1CCCN1C(=O)c1ccc(S(N)(=O)=O)cc1. The van der Waals surface area contributed by atoms with Crippen LogP contribution in [0.2, 0.25) is 0 Å². The molecule has 108 valence electrons. The Balaban J connectivity index is 2.24. The van der Waals surface area contributed by atoms with Crippen molar-refractivity contribution >= 4 is 21.7 Å². The van der Waals surface area contributed by atoms with E-state index < -0.39 is 10.0 Å². The number of sulfonamides is 1. The Morgan fingerprint density at radius 2 is 1.85 bits per heavy atom. The van der Waals surface area contributed by atoms with Crippen LogP contribution in [-0.2, 0) is 14.8 Å². The van der Waals surface area contributed by atoms with Crippen LogP contribution >= 0.6 is 0 Å². The molecule has 0 radical (unpaired) electrons. The van der Waals surface area contributed by atoms with Crippen LogP contribution in [0.5, 0.6) is 0 Å². The van der Waals surface area contributed by atoms with Crippen LogP contribution in [0.1, 0.15) is 30.1 Å². The highest BCUT2D eigenvalue weighted by molar-refractivity contribution is 7.89. The van der Waals surface area contributed by atoms with Crippen molar-refractivity contribution in [1.29, 1.82) is 0 Å². The smallest absolute Gasteiger partial charge is 0.254 e. The van der Waals surface area contributed by atoms with E-state index in [-0.39, 0.29) is 22.6 Å². The van der Waals surface area contributed by atoms with Crippen molar-refractivity contribution in [3.8, 4) is 0 Å². The van der Waals surface area contributed by atoms with Gasteiger partial charge in [0.25, 0.3) is 5.91 Å². The number of hydrogen-bond donors (Lipinski definition) is 1. The third-order valence-electron chi connectivity index (χ3n) is 3.41. The van der Waals surface area contributed by atoms with Crippen LogP contribution < -0.4 is 5.14 Å². The summed E-state index contributed by atoms with van der Waals surface area (Å²) in [5.74, 6) is -0.291. The molecule has 0 aliphatic carbocycles. The Hall–Kier alpha value is -1.73. The summed E-state index contributed by atoms with van der Waals surface area (Å²) in [4.78, 5) is 25.3. The molecule has 1 atom stereocenters. The number of hydrogen-bond acceptors (Lipinski definition) is 4. The van der Waals surface area contributed by atoms with E-state index in [0.29, 0.717) is 18.5 Å². The Morgan fingerprint density at radius 1 is 1.25 bits per heavy atom. The molecular weight excluding hydrogens is 280 g/mol. The number of ketones is 1. The first-order valence-corrected chi connectivity index (χ1v) is 7.79. The van der Waals surface area contributed by atoms with Gasteiger partial charge in [-0.15, -0.1) is 0 Å². The average molecular weight is 296 g/mol. The Bertz CT molecular complexity index is 637. The molecular formula is C13H16N2O4S. The Kier molecular flexibility index (Phi) is 3.92. The maximum absolute atomic E-state index is 12.3. The largest absolute Gasteiger partial charge is 0.329 e. The molecule has 1 saturated heterocycles. The maximum Gasteiger partial charge on any atom is 0.254 e. The van der Waals surface area contributed by atoms with Crippen molar-refractivity contribution in [3.05, 3.63) is 29.8 Å². The zero-order valence-electron chi connectivity index (χ0n) is 11.1. The van der Waals surface area contributed by atoms with Gasteiger partial charge in [0.05, 0.1) is 10.9 Å². The van der Waals surface area contributed by atoms with Gasteiger partial charge < -0.3 is 4.90 Å². The molecule has 1 aromatic carbocycles. The van der Waals surface area contributed by atoms with Crippen LogP contribution in [0.25, 0.3) is 0 Å². The molecule has 1 aromatic rings. The van der Waals surface area contributed by atoms with E-state index in [4.69, 9.17) is 5.14 Å². The van der Waals surface area contributed by atoms with Gasteiger partial charge in [0.2, 0.25) is 10.0 Å². The van der Waals surface area contributed by atoms with Gasteiger partial charge in [-0.05, 0) is 44.0 Å². The lowest BCUT2D eigenvalue weighted by atomic mass is 10.1. The van der Waals surface area contributed by atoms with E-state index in [0.717, 1.165) is 6.42 Å². The number of nitrogens with two attached hydrogens (primary N) is 1. The van der Waals surface area contributed by atoms with Gasteiger partial charge >= 0.3 is 0 Å². The highest BCUT2D eigenvalue weighted by atomic mass is 32.2. The lowest BCUT2D eigenvalue weighted by molar-refractivity contribution is -0.120. The van der Waals surface area contributed by atoms with Crippen molar-refractivity contribution < 1.29 is 18.0 Å². The molecule has 0 saturated carbocycles. The molecule has 0 unspecified atom stereocenters. The van der Waals surface area contributed by atoms with Crippen molar-refractivity contribution in [3.63, 3.8) is 0 Å². The summed E-state index contributed by atoms with van der Waals surface area (Å²) in [6.07, 6.45) is 1.47. The minimum Gasteiger partial charge on any atom is -0.329 e. The number of carbonyl (C=O) groups excluding carboxylic acids is 2. The van der Waals surface area contributed by atoms with Crippen LogP contribution in [-0.4, -0.2) is 37.6 Å². The number of likely N-dealkylation sites (tertiary alicyclic amines) is 1.